The SMILES string of the molecule is CCOP(=O)(OCC)C(SC)c1ccccc1OC. The van der Waals surface area contributed by atoms with Gasteiger partial charge in [-0.15, -0.1) is 11.8 Å². The molecular weight excluding hydrogens is 283 g/mol. The second-order valence-corrected chi connectivity index (χ2v) is 7.11. The Balaban J connectivity index is 3.19. The first-order valence-electron chi connectivity index (χ1n) is 6.17. The van der Waals surface area contributed by atoms with Crippen LogP contribution in [-0.4, -0.2) is 26.6 Å². The van der Waals surface area contributed by atoms with Gasteiger partial charge in [-0.3, -0.25) is 4.57 Å². The summed E-state index contributed by atoms with van der Waals surface area (Å²) in [6.07, 6.45) is 1.89. The normalized spacial score (nSPS) is 13.3. The van der Waals surface area contributed by atoms with Crippen LogP contribution in [0.15, 0.2) is 24.3 Å². The van der Waals surface area contributed by atoms with Crippen LogP contribution in [0.2, 0.25) is 0 Å². The van der Waals surface area contributed by atoms with E-state index in [-0.39, 0.29) is 4.99 Å². The summed E-state index contributed by atoms with van der Waals surface area (Å²) >= 11 is 1.45. The highest BCUT2D eigenvalue weighted by Crippen LogP contribution is 2.66. The zero-order chi connectivity index (χ0) is 14.3. The molecule has 6 heteroatoms. The van der Waals surface area contributed by atoms with Crippen LogP contribution in [-0.2, 0) is 13.6 Å². The predicted molar refractivity (Wildman–Crippen MR) is 80.1 cm³/mol. The number of ether oxygens (including phenoxy) is 1. The standard InChI is InChI=1S/C13H21O4PS/c1-5-16-18(14,17-6-2)13(19-4)11-9-7-8-10-12(11)15-3/h7-10,13H,5-6H2,1-4H3. The fourth-order valence-electron chi connectivity index (χ4n) is 1.83. The van der Waals surface area contributed by atoms with Crippen LogP contribution in [0.25, 0.3) is 0 Å². The quantitative estimate of drug-likeness (QED) is 0.669. The van der Waals surface area contributed by atoms with E-state index in [0.717, 1.165) is 5.56 Å². The molecule has 1 aromatic carbocycles. The van der Waals surface area contributed by atoms with Crippen LogP contribution in [0.1, 0.15) is 24.4 Å². The summed E-state index contributed by atoms with van der Waals surface area (Å²) in [6, 6.07) is 7.51. The molecular formula is C13H21O4PS. The highest BCUT2D eigenvalue weighted by Gasteiger charge is 2.37. The van der Waals surface area contributed by atoms with Gasteiger partial charge in [0, 0.05) is 5.56 Å². The van der Waals surface area contributed by atoms with Gasteiger partial charge in [-0.1, -0.05) is 18.2 Å². The van der Waals surface area contributed by atoms with Crippen molar-refractivity contribution in [3.8, 4) is 5.75 Å². The molecule has 1 atom stereocenters. The molecule has 0 aliphatic heterocycles. The number of rotatable bonds is 8. The van der Waals surface area contributed by atoms with Gasteiger partial charge in [-0.25, -0.2) is 0 Å². The number of hydrogen-bond donors (Lipinski definition) is 0. The summed E-state index contributed by atoms with van der Waals surface area (Å²) in [6.45, 7) is 4.32. The van der Waals surface area contributed by atoms with Crippen molar-refractivity contribution in [3.05, 3.63) is 29.8 Å². The number of thioether (sulfide) groups is 1. The lowest BCUT2D eigenvalue weighted by Crippen LogP contribution is -2.05. The third-order valence-electron chi connectivity index (χ3n) is 2.53. The Labute approximate surface area is 119 Å². The second kappa shape index (κ2) is 7.95. The average molecular weight is 304 g/mol. The summed E-state index contributed by atoms with van der Waals surface area (Å²) in [7, 11) is -1.61. The minimum Gasteiger partial charge on any atom is -0.496 e. The summed E-state index contributed by atoms with van der Waals surface area (Å²) < 4.78 is 29.1. The maximum absolute atomic E-state index is 12.9. The molecule has 1 unspecified atom stereocenters. The van der Waals surface area contributed by atoms with Crippen molar-refractivity contribution in [2.75, 3.05) is 26.6 Å². The van der Waals surface area contributed by atoms with Crippen molar-refractivity contribution in [1.29, 1.82) is 0 Å². The van der Waals surface area contributed by atoms with Crippen molar-refractivity contribution >= 4 is 19.4 Å². The van der Waals surface area contributed by atoms with E-state index in [1.165, 1.54) is 11.8 Å². The lowest BCUT2D eigenvalue weighted by atomic mass is 10.2. The first kappa shape index (κ1) is 16.6. The Morgan fingerprint density at radius 1 is 1.21 bits per heavy atom. The van der Waals surface area contributed by atoms with Crippen LogP contribution < -0.4 is 4.74 Å². The van der Waals surface area contributed by atoms with Crippen LogP contribution in [0.3, 0.4) is 0 Å². The van der Waals surface area contributed by atoms with Gasteiger partial charge < -0.3 is 13.8 Å². The molecule has 0 aliphatic rings. The summed E-state index contributed by atoms with van der Waals surface area (Å²) in [5, 5.41) is 0. The monoisotopic (exact) mass is 304 g/mol. The first-order valence-corrected chi connectivity index (χ1v) is 9.07. The van der Waals surface area contributed by atoms with E-state index < -0.39 is 7.60 Å². The van der Waals surface area contributed by atoms with Gasteiger partial charge in [-0.05, 0) is 26.2 Å². The summed E-state index contributed by atoms with van der Waals surface area (Å²) in [5.41, 5.74) is 0.836. The van der Waals surface area contributed by atoms with Crippen molar-refractivity contribution in [2.24, 2.45) is 0 Å². The van der Waals surface area contributed by atoms with Crippen molar-refractivity contribution in [3.63, 3.8) is 0 Å². The number of methoxy groups -OCH3 is 1. The molecule has 0 spiro atoms. The minimum absolute atomic E-state index is 0.351. The van der Waals surface area contributed by atoms with E-state index >= 15 is 0 Å². The number of para-hydroxylation sites is 1. The fraction of sp³-hybridized carbons (Fsp3) is 0.538. The Kier molecular flexibility index (Phi) is 6.94. The molecule has 1 aromatic rings. The van der Waals surface area contributed by atoms with Gasteiger partial charge in [0.25, 0.3) is 0 Å². The minimum atomic E-state index is -3.21. The molecule has 0 amide bonds. The van der Waals surface area contributed by atoms with Crippen LogP contribution in [0.5, 0.6) is 5.75 Å². The van der Waals surface area contributed by atoms with E-state index in [1.807, 2.05) is 44.4 Å². The molecule has 0 radical (unpaired) electrons. The molecule has 0 aromatic heterocycles. The third kappa shape index (κ3) is 3.99. The molecule has 0 aliphatic carbocycles. The Morgan fingerprint density at radius 2 is 1.79 bits per heavy atom. The van der Waals surface area contributed by atoms with Crippen LogP contribution >= 0.6 is 19.4 Å². The van der Waals surface area contributed by atoms with Gasteiger partial charge >= 0.3 is 7.60 Å². The Bertz CT molecular complexity index is 428. The van der Waals surface area contributed by atoms with Crippen molar-refractivity contribution < 1.29 is 18.3 Å². The van der Waals surface area contributed by atoms with Gasteiger partial charge in [0.1, 0.15) is 10.7 Å². The largest absolute Gasteiger partial charge is 0.496 e. The average Bonchev–Trinajstić information content (AvgIpc) is 2.40. The molecule has 0 N–H and O–H groups in total. The first-order chi connectivity index (χ1) is 9.12. The van der Waals surface area contributed by atoms with Crippen LogP contribution in [0, 0.1) is 0 Å². The van der Waals surface area contributed by atoms with Crippen molar-refractivity contribution in [1.82, 2.24) is 0 Å². The van der Waals surface area contributed by atoms with E-state index in [9.17, 15) is 4.57 Å². The number of benzene rings is 1. The molecule has 19 heavy (non-hydrogen) atoms. The zero-order valence-corrected chi connectivity index (χ0v) is 13.5. The third-order valence-corrected chi connectivity index (χ3v) is 6.73. The van der Waals surface area contributed by atoms with Gasteiger partial charge in [0.05, 0.1) is 20.3 Å². The maximum Gasteiger partial charge on any atom is 0.348 e. The van der Waals surface area contributed by atoms with Crippen molar-refractivity contribution in [2.45, 2.75) is 18.8 Å². The van der Waals surface area contributed by atoms with Gasteiger partial charge in [0.2, 0.25) is 0 Å². The molecule has 4 nitrogen and oxygen atoms in total. The molecule has 0 saturated heterocycles. The predicted octanol–water partition coefficient (Wildman–Crippen LogP) is 4.32. The topological polar surface area (TPSA) is 44.8 Å². The smallest absolute Gasteiger partial charge is 0.348 e. The zero-order valence-electron chi connectivity index (χ0n) is 11.8. The molecule has 1 rings (SSSR count). The molecule has 0 saturated carbocycles. The highest BCUT2D eigenvalue weighted by atomic mass is 32.2. The lowest BCUT2D eigenvalue weighted by Gasteiger charge is -2.26. The summed E-state index contributed by atoms with van der Waals surface area (Å²) in [4.78, 5) is -0.386. The highest BCUT2D eigenvalue weighted by molar-refractivity contribution is 8.04. The fourth-order valence-corrected chi connectivity index (χ4v) is 5.30. The van der Waals surface area contributed by atoms with E-state index in [4.69, 9.17) is 13.8 Å². The molecule has 0 heterocycles. The number of hydrogen-bond acceptors (Lipinski definition) is 5. The lowest BCUT2D eigenvalue weighted by molar-refractivity contribution is 0.218. The molecule has 0 fully saturated rings. The Hall–Kier alpha value is -0.480. The van der Waals surface area contributed by atoms with Crippen LogP contribution in [0.4, 0.5) is 0 Å². The second-order valence-electron chi connectivity index (χ2n) is 3.71. The molecule has 0 bridgehead atoms. The van der Waals surface area contributed by atoms with Gasteiger partial charge in [0.15, 0.2) is 0 Å². The Morgan fingerprint density at radius 3 is 2.26 bits per heavy atom. The maximum atomic E-state index is 12.9. The summed E-state index contributed by atoms with van der Waals surface area (Å²) in [5.74, 6) is 0.696. The van der Waals surface area contributed by atoms with E-state index in [1.54, 1.807) is 7.11 Å². The van der Waals surface area contributed by atoms with E-state index in [2.05, 4.69) is 0 Å². The van der Waals surface area contributed by atoms with Gasteiger partial charge in [-0.2, -0.15) is 0 Å². The molecule has 108 valence electrons. The van der Waals surface area contributed by atoms with E-state index in [0.29, 0.717) is 19.0 Å².